The predicted octanol–water partition coefficient (Wildman–Crippen LogP) is 1.51. The fraction of sp³-hybridized carbons (Fsp3) is 0.333. The molecule has 1 aromatic heterocycles. The molecule has 194 valence electrons. The molecule has 3 N–H and O–H groups in total. The molecule has 11 nitrogen and oxygen atoms in total. The van der Waals surface area contributed by atoms with E-state index in [2.05, 4.69) is 25.5 Å². The number of hydrogen-bond acceptors (Lipinski definition) is 9. The van der Waals surface area contributed by atoms with Gasteiger partial charge in [0.15, 0.2) is 5.75 Å². The molecule has 0 spiro atoms. The average Bonchev–Trinajstić information content (AvgIpc) is 2.84. The quantitative estimate of drug-likeness (QED) is 0.234. The molecule has 1 unspecified atom stereocenters. The van der Waals surface area contributed by atoms with Crippen LogP contribution in [0, 0.1) is 11.3 Å². The molecule has 2 amide bonds. The number of imide groups is 1. The van der Waals surface area contributed by atoms with E-state index in [1.165, 1.54) is 0 Å². The number of benzene rings is 1. The molecule has 37 heavy (non-hydrogen) atoms. The number of anilines is 1. The molecule has 1 heterocycles. The fourth-order valence-corrected chi connectivity index (χ4v) is 4.22. The van der Waals surface area contributed by atoms with Crippen molar-refractivity contribution in [1.82, 2.24) is 15.5 Å². The molecule has 0 aliphatic heterocycles. The Morgan fingerprint density at radius 3 is 2.35 bits per heavy atom. The third kappa shape index (κ3) is 6.97. The smallest absolute Gasteiger partial charge is 0.414 e. The van der Waals surface area contributed by atoms with Gasteiger partial charge < -0.3 is 9.47 Å². The van der Waals surface area contributed by atoms with E-state index in [9.17, 15) is 19.6 Å². The highest BCUT2D eigenvalue weighted by molar-refractivity contribution is 6.56. The van der Waals surface area contributed by atoms with E-state index in [1.54, 1.807) is 28.7 Å². The first-order valence-electron chi connectivity index (χ1n) is 11.1. The van der Waals surface area contributed by atoms with E-state index in [0.717, 1.165) is 12.8 Å². The average molecular weight is 567 g/mol. The van der Waals surface area contributed by atoms with Gasteiger partial charge in [0.05, 0.1) is 16.7 Å². The number of carbonyl (C=O) groups is 2. The molecule has 0 fully saturated rings. The number of rotatable bonds is 9. The zero-order valence-electron chi connectivity index (χ0n) is 20.7. The van der Waals surface area contributed by atoms with Crippen LogP contribution in [0.1, 0.15) is 45.1 Å². The van der Waals surface area contributed by atoms with Crippen molar-refractivity contribution >= 4 is 84.8 Å². The Balaban J connectivity index is 2.44. The molecule has 16 heteroatoms. The van der Waals surface area contributed by atoms with Gasteiger partial charge in [-0.1, -0.05) is 55.1 Å². The molecule has 2 rings (SSSR count). The summed E-state index contributed by atoms with van der Waals surface area (Å²) in [4.78, 5) is 35.9. The van der Waals surface area contributed by atoms with Crippen LogP contribution in [0.25, 0.3) is 0 Å². The number of H-pyrrole nitrogens is 1. The monoisotopic (exact) mass is 566 g/mol. The van der Waals surface area contributed by atoms with E-state index in [0.29, 0.717) is 16.5 Å². The van der Waals surface area contributed by atoms with Crippen LogP contribution in [0.5, 0.6) is 11.6 Å². The van der Waals surface area contributed by atoms with Crippen molar-refractivity contribution in [3.63, 3.8) is 0 Å². The van der Waals surface area contributed by atoms with Gasteiger partial charge in [0.25, 0.3) is 17.3 Å². The summed E-state index contributed by atoms with van der Waals surface area (Å²) < 4.78 is 10.5. The second kappa shape index (κ2) is 13.4. The first-order chi connectivity index (χ1) is 17.5. The van der Waals surface area contributed by atoms with Crippen molar-refractivity contribution in [3.8, 4) is 17.7 Å². The number of hydrazone groups is 1. The summed E-state index contributed by atoms with van der Waals surface area (Å²) in [5.74, 6) is -1.25. The van der Waals surface area contributed by atoms with Gasteiger partial charge in [0.1, 0.15) is 26.8 Å². The maximum atomic E-state index is 12.3. The van der Waals surface area contributed by atoms with E-state index in [1.807, 2.05) is 19.2 Å². The number of nitrogens with zero attached hydrogens (tertiary/aromatic N) is 3. The number of alkyl carbamates (subject to hydrolysis) is 1. The summed E-state index contributed by atoms with van der Waals surface area (Å²) in [5, 5.41) is 21.4. The van der Waals surface area contributed by atoms with Gasteiger partial charge in [-0.25, -0.2) is 9.89 Å². The number of aromatic amines is 1. The highest BCUT2D eigenvalue weighted by Gasteiger charge is 2.24. The van der Waals surface area contributed by atoms with Crippen LogP contribution in [0.2, 0.25) is 15.1 Å². The van der Waals surface area contributed by atoms with Crippen LogP contribution in [0.4, 0.5) is 10.5 Å². The first kappa shape index (κ1) is 30.0. The highest BCUT2D eigenvalue weighted by Crippen LogP contribution is 2.38. The molecule has 0 aliphatic rings. The first-order valence-corrected chi connectivity index (χ1v) is 12.3. The summed E-state index contributed by atoms with van der Waals surface area (Å²) in [5.41, 5.74) is 2.97. The van der Waals surface area contributed by atoms with Gasteiger partial charge in [-0.2, -0.15) is 10.4 Å². The summed E-state index contributed by atoms with van der Waals surface area (Å²) in [6.45, 7) is 5.47. The number of carbonyl (C=O) groups excluding carboxylic acids is 2. The number of nitrogens with one attached hydrogen (secondary N) is 3. The predicted molar refractivity (Wildman–Crippen MR) is 148 cm³/mol. The summed E-state index contributed by atoms with van der Waals surface area (Å²) in [6.07, 6.45) is 0.563. The van der Waals surface area contributed by atoms with E-state index >= 15 is 0 Å². The molecule has 1 atom stereocenters. The highest BCUT2D eigenvalue weighted by atomic mass is 35.5. The van der Waals surface area contributed by atoms with Crippen LogP contribution in [0.3, 0.4) is 0 Å². The van der Waals surface area contributed by atoms with E-state index in [-0.39, 0.29) is 44.9 Å². The normalized spacial score (nSPS) is 11.9. The minimum absolute atomic E-state index is 0.0315. The van der Waals surface area contributed by atoms with Crippen molar-refractivity contribution in [2.45, 2.75) is 39.5 Å². The van der Waals surface area contributed by atoms with Gasteiger partial charge in [-0.3, -0.25) is 20.3 Å². The number of aromatic nitrogens is 2. The Hall–Kier alpha value is -3.20. The molecule has 0 bridgehead atoms. The van der Waals surface area contributed by atoms with Gasteiger partial charge in [0.2, 0.25) is 5.71 Å². The van der Waals surface area contributed by atoms with Crippen LogP contribution < -0.4 is 32.0 Å². The Bertz CT molecular complexity index is 1320. The lowest BCUT2D eigenvalue weighted by Crippen LogP contribution is -2.36. The van der Waals surface area contributed by atoms with Gasteiger partial charge >= 0.3 is 6.09 Å². The lowest BCUT2D eigenvalue weighted by atomic mass is 9.84. The molecule has 0 saturated carbocycles. The number of halogens is 3. The number of hydrogen-bond donors (Lipinski definition) is 3. The number of amides is 2. The lowest BCUT2D eigenvalue weighted by Gasteiger charge is -2.19. The van der Waals surface area contributed by atoms with Gasteiger partial charge in [0, 0.05) is 11.3 Å². The van der Waals surface area contributed by atoms with Crippen LogP contribution in [-0.2, 0) is 9.53 Å². The van der Waals surface area contributed by atoms with Crippen molar-refractivity contribution in [2.75, 3.05) is 12.0 Å². The largest absolute Gasteiger partial charge is 0.450 e. The number of ether oxygens (including phenoxy) is 2. The van der Waals surface area contributed by atoms with Crippen LogP contribution in [0.15, 0.2) is 9.90 Å². The topological polar surface area (TPSA) is 159 Å². The molecule has 1 aromatic carbocycles. The van der Waals surface area contributed by atoms with Gasteiger partial charge in [-0.15, -0.1) is 5.10 Å². The standard InChI is InChI=1S/C21H23B2Cl3N6O5/c1-4-6-8(3)10-13(24)20(32-31-19(10)34)37-17-14(25)11(22)16(12(23)15(17)26)30-29-9(7-27)18(33)28-21(35)36-5-2/h8,30H,4-6,22-23H2,1-3H3,(H,31,34)(H,28,33,35)/b29-9+. The fourth-order valence-electron chi connectivity index (χ4n) is 3.36. The van der Waals surface area contributed by atoms with Crippen molar-refractivity contribution in [1.29, 1.82) is 5.26 Å². The third-order valence-corrected chi connectivity index (χ3v) is 6.52. The Morgan fingerprint density at radius 2 is 1.81 bits per heavy atom. The second-order valence-corrected chi connectivity index (χ2v) is 8.95. The Kier molecular flexibility index (Phi) is 10.9. The van der Waals surface area contributed by atoms with Crippen LogP contribution >= 0.6 is 34.8 Å². The van der Waals surface area contributed by atoms with Crippen molar-refractivity contribution < 1.29 is 19.1 Å². The molecule has 0 saturated heterocycles. The minimum atomic E-state index is -1.06. The summed E-state index contributed by atoms with van der Waals surface area (Å²) in [7, 11) is 3.25. The van der Waals surface area contributed by atoms with Gasteiger partial charge in [-0.05, 0) is 30.2 Å². The third-order valence-electron chi connectivity index (χ3n) is 5.24. The SMILES string of the molecule is Bc1c(Cl)c(Oc2n[nH]c(=O)c(C(C)CCC)c2Cl)c(Cl)c(B)c1N/N=C(\C#N)C(=O)NC(=O)OCC. The van der Waals surface area contributed by atoms with Crippen molar-refractivity contribution in [2.24, 2.45) is 5.10 Å². The lowest BCUT2D eigenvalue weighted by molar-refractivity contribution is -0.114. The second-order valence-electron chi connectivity index (χ2n) is 7.82. The number of nitriles is 1. The maximum absolute atomic E-state index is 12.3. The van der Waals surface area contributed by atoms with Crippen molar-refractivity contribution in [3.05, 3.63) is 31.0 Å². The zero-order chi connectivity index (χ0) is 27.9. The maximum Gasteiger partial charge on any atom is 0.414 e. The van der Waals surface area contributed by atoms with Crippen LogP contribution in [-0.4, -0.2) is 50.2 Å². The molecular formula is C21H23B2Cl3N6O5. The van der Waals surface area contributed by atoms with E-state index in [4.69, 9.17) is 39.5 Å². The minimum Gasteiger partial charge on any atom is -0.450 e. The molecular weight excluding hydrogens is 544 g/mol. The Morgan fingerprint density at radius 1 is 1.19 bits per heavy atom. The molecule has 0 radical (unpaired) electrons. The summed E-state index contributed by atoms with van der Waals surface area (Å²) in [6, 6.07) is 1.59. The zero-order valence-corrected chi connectivity index (χ0v) is 23.0. The van der Waals surface area contributed by atoms with E-state index < -0.39 is 23.3 Å². The molecule has 0 aliphatic carbocycles. The Labute approximate surface area is 229 Å². The molecule has 2 aromatic rings. The summed E-state index contributed by atoms with van der Waals surface area (Å²) >= 11 is 19.5.